The van der Waals surface area contributed by atoms with Gasteiger partial charge in [0, 0.05) is 0 Å². The molecule has 1 rings (SSSR count). The van der Waals surface area contributed by atoms with Crippen molar-refractivity contribution < 1.29 is 8.42 Å². The predicted molar refractivity (Wildman–Crippen MR) is 68.3 cm³/mol. The second-order valence-corrected chi connectivity index (χ2v) is 4.81. The quantitative estimate of drug-likeness (QED) is 0.478. The molecule has 0 aliphatic carbocycles. The number of hydrogen-bond donors (Lipinski definition) is 2. The molecule has 0 spiro atoms. The Hall–Kier alpha value is -1.44. The number of sulfonamides is 1. The van der Waals surface area contributed by atoms with Gasteiger partial charge in [0.05, 0.1) is 22.8 Å². The zero-order valence-corrected chi connectivity index (χ0v) is 10.3. The first kappa shape index (κ1) is 13.6. The summed E-state index contributed by atoms with van der Waals surface area (Å²) in [6.07, 6.45) is 1.08. The molecule has 4 N–H and O–H groups in total. The molecular formula is C9H11ClN4O2S. The summed E-state index contributed by atoms with van der Waals surface area (Å²) in [7, 11) is -3.69. The van der Waals surface area contributed by atoms with Crippen molar-refractivity contribution in [1.29, 1.82) is 0 Å². The van der Waals surface area contributed by atoms with E-state index < -0.39 is 10.0 Å². The molecule has 0 saturated carbocycles. The number of rotatable bonds is 3. The van der Waals surface area contributed by atoms with Crippen LogP contribution in [0.2, 0.25) is 0 Å². The minimum absolute atomic E-state index is 0.0196. The Morgan fingerprint density at radius 3 is 2.35 bits per heavy atom. The molecule has 8 heteroatoms. The molecule has 17 heavy (non-hydrogen) atoms. The van der Waals surface area contributed by atoms with Crippen LogP contribution in [0.3, 0.4) is 0 Å². The zero-order chi connectivity index (χ0) is 12.9. The molecule has 0 aliphatic heterocycles. The second-order valence-electron chi connectivity index (χ2n) is 2.98. The van der Waals surface area contributed by atoms with E-state index in [2.05, 4.69) is 9.98 Å². The van der Waals surface area contributed by atoms with E-state index in [9.17, 15) is 8.42 Å². The normalized spacial score (nSPS) is 13.2. The summed E-state index contributed by atoms with van der Waals surface area (Å²) in [4.78, 5) is 7.82. The van der Waals surface area contributed by atoms with E-state index in [4.69, 9.17) is 22.5 Å². The van der Waals surface area contributed by atoms with Crippen LogP contribution < -0.4 is 10.9 Å². The van der Waals surface area contributed by atoms with Crippen LogP contribution in [-0.2, 0) is 10.0 Å². The summed E-state index contributed by atoms with van der Waals surface area (Å²) in [5.41, 5.74) is 5.63. The number of aliphatic imine (C=N–C) groups is 2. The molecule has 0 aliphatic rings. The van der Waals surface area contributed by atoms with Gasteiger partial charge in [-0.1, -0.05) is 0 Å². The first-order valence-corrected chi connectivity index (χ1v) is 6.56. The number of amidine groups is 1. The summed E-state index contributed by atoms with van der Waals surface area (Å²) in [6.45, 7) is 0. The van der Waals surface area contributed by atoms with Gasteiger partial charge >= 0.3 is 0 Å². The third-order valence-corrected chi connectivity index (χ3v) is 2.93. The SMILES string of the molecule is NC=NC(CCl)=Nc1ccc(S(N)(=O)=O)cc1. The summed E-state index contributed by atoms with van der Waals surface area (Å²) < 4.78 is 22.0. The molecule has 1 aromatic rings. The van der Waals surface area contributed by atoms with Crippen molar-refractivity contribution in [2.75, 3.05) is 5.88 Å². The van der Waals surface area contributed by atoms with Crippen LogP contribution in [0.1, 0.15) is 0 Å². The summed E-state index contributed by atoms with van der Waals surface area (Å²) >= 11 is 5.58. The molecule has 92 valence electrons. The molecule has 1 aromatic carbocycles. The molecule has 0 unspecified atom stereocenters. The van der Waals surface area contributed by atoms with Crippen molar-refractivity contribution >= 4 is 39.5 Å². The lowest BCUT2D eigenvalue weighted by Gasteiger charge is -1.99. The molecule has 0 radical (unpaired) electrons. The molecule has 0 fully saturated rings. The van der Waals surface area contributed by atoms with Crippen LogP contribution in [0.25, 0.3) is 0 Å². The number of alkyl halides is 1. The largest absolute Gasteiger partial charge is 0.390 e. The van der Waals surface area contributed by atoms with E-state index in [1.807, 2.05) is 0 Å². The van der Waals surface area contributed by atoms with E-state index in [1.54, 1.807) is 0 Å². The fourth-order valence-electron chi connectivity index (χ4n) is 1.04. The van der Waals surface area contributed by atoms with Gasteiger partial charge in [-0.05, 0) is 24.3 Å². The summed E-state index contributed by atoms with van der Waals surface area (Å²) in [5.74, 6) is 0.433. The third kappa shape index (κ3) is 4.14. The van der Waals surface area contributed by atoms with Crippen molar-refractivity contribution in [2.24, 2.45) is 20.9 Å². The van der Waals surface area contributed by atoms with Gasteiger partial charge in [-0.3, -0.25) is 0 Å². The van der Waals surface area contributed by atoms with Crippen LogP contribution >= 0.6 is 11.6 Å². The lowest BCUT2D eigenvalue weighted by Crippen LogP contribution is -2.11. The molecule has 0 heterocycles. The Morgan fingerprint density at radius 2 is 1.94 bits per heavy atom. The van der Waals surface area contributed by atoms with Gasteiger partial charge in [-0.25, -0.2) is 23.5 Å². The Balaban J connectivity index is 3.03. The molecular weight excluding hydrogens is 264 g/mol. The van der Waals surface area contributed by atoms with Crippen LogP contribution in [0.5, 0.6) is 0 Å². The highest BCUT2D eigenvalue weighted by Gasteiger charge is 2.06. The number of primary sulfonamides is 1. The maximum atomic E-state index is 11.0. The smallest absolute Gasteiger partial charge is 0.238 e. The van der Waals surface area contributed by atoms with Crippen LogP contribution in [-0.4, -0.2) is 26.5 Å². The van der Waals surface area contributed by atoms with Gasteiger partial charge in [-0.15, -0.1) is 11.6 Å². The third-order valence-electron chi connectivity index (χ3n) is 1.77. The average Bonchev–Trinajstić information content (AvgIpc) is 2.28. The highest BCUT2D eigenvalue weighted by molar-refractivity contribution is 7.89. The predicted octanol–water partition coefficient (Wildman–Crippen LogP) is 0.590. The first-order chi connectivity index (χ1) is 7.97. The van der Waals surface area contributed by atoms with Crippen molar-refractivity contribution in [3.63, 3.8) is 0 Å². The van der Waals surface area contributed by atoms with Crippen LogP contribution in [0.15, 0.2) is 39.1 Å². The Kier molecular flexibility index (Phi) is 4.62. The van der Waals surface area contributed by atoms with E-state index in [-0.39, 0.29) is 10.8 Å². The summed E-state index contributed by atoms with van der Waals surface area (Å²) in [6, 6.07) is 5.70. The van der Waals surface area contributed by atoms with Crippen molar-refractivity contribution in [3.8, 4) is 0 Å². The van der Waals surface area contributed by atoms with E-state index in [1.165, 1.54) is 24.3 Å². The van der Waals surface area contributed by atoms with Crippen LogP contribution in [0, 0.1) is 0 Å². The number of halogens is 1. The minimum Gasteiger partial charge on any atom is -0.390 e. The van der Waals surface area contributed by atoms with Crippen molar-refractivity contribution in [3.05, 3.63) is 24.3 Å². The maximum Gasteiger partial charge on any atom is 0.238 e. The first-order valence-electron chi connectivity index (χ1n) is 4.48. The fraction of sp³-hybridized carbons (Fsp3) is 0.111. The van der Waals surface area contributed by atoms with Gasteiger partial charge in [0.2, 0.25) is 10.0 Å². The monoisotopic (exact) mass is 274 g/mol. The molecule has 0 amide bonds. The molecule has 0 saturated heterocycles. The second kappa shape index (κ2) is 5.76. The Labute approximate surface area is 104 Å². The topological polar surface area (TPSA) is 111 Å². The van der Waals surface area contributed by atoms with E-state index in [0.29, 0.717) is 11.5 Å². The van der Waals surface area contributed by atoms with Gasteiger partial charge in [0.25, 0.3) is 0 Å². The highest BCUT2D eigenvalue weighted by Crippen LogP contribution is 2.16. The fourth-order valence-corrected chi connectivity index (χ4v) is 1.68. The number of nitrogens with zero attached hydrogens (tertiary/aromatic N) is 2. The average molecular weight is 275 g/mol. The van der Waals surface area contributed by atoms with Crippen molar-refractivity contribution in [2.45, 2.75) is 4.90 Å². The van der Waals surface area contributed by atoms with E-state index >= 15 is 0 Å². The lowest BCUT2D eigenvalue weighted by atomic mass is 10.3. The van der Waals surface area contributed by atoms with Gasteiger partial charge in [0.15, 0.2) is 0 Å². The molecule has 0 aromatic heterocycles. The van der Waals surface area contributed by atoms with Crippen LogP contribution in [0.4, 0.5) is 5.69 Å². The number of hydrogen-bond acceptors (Lipinski definition) is 3. The van der Waals surface area contributed by atoms with Gasteiger partial charge in [0.1, 0.15) is 5.84 Å². The Morgan fingerprint density at radius 1 is 1.35 bits per heavy atom. The Bertz CT molecular complexity index is 537. The zero-order valence-electron chi connectivity index (χ0n) is 8.75. The summed E-state index contributed by atoms with van der Waals surface area (Å²) in [5, 5.41) is 4.96. The molecule has 6 nitrogen and oxygen atoms in total. The standard InChI is InChI=1S/C9H11ClN4O2S/c10-5-9(13-6-11)14-7-1-3-8(4-2-7)17(12,15)16/h1-4,6H,5H2,(H2,11,13,14)(H2,12,15,16). The number of nitrogens with two attached hydrogens (primary N) is 2. The number of benzene rings is 1. The van der Waals surface area contributed by atoms with Gasteiger partial charge in [-0.2, -0.15) is 0 Å². The maximum absolute atomic E-state index is 11.0. The molecule has 0 bridgehead atoms. The van der Waals surface area contributed by atoms with Gasteiger partial charge < -0.3 is 5.73 Å². The minimum atomic E-state index is -3.69. The van der Waals surface area contributed by atoms with E-state index in [0.717, 1.165) is 6.34 Å². The lowest BCUT2D eigenvalue weighted by molar-refractivity contribution is 0.598. The highest BCUT2D eigenvalue weighted by atomic mass is 35.5. The van der Waals surface area contributed by atoms with Crippen molar-refractivity contribution in [1.82, 2.24) is 0 Å². The molecule has 0 atom stereocenters.